The molecule has 0 saturated carbocycles. The van der Waals surface area contributed by atoms with E-state index in [9.17, 15) is 4.79 Å². The van der Waals surface area contributed by atoms with Crippen molar-refractivity contribution in [3.8, 4) is 0 Å². The van der Waals surface area contributed by atoms with Crippen LogP contribution in [0.3, 0.4) is 0 Å². The molecule has 1 saturated heterocycles. The Morgan fingerprint density at radius 2 is 2.29 bits per heavy atom. The number of aromatic carboxylic acids is 1. The van der Waals surface area contributed by atoms with Crippen LogP contribution in [0.25, 0.3) is 0 Å². The fourth-order valence-electron chi connectivity index (χ4n) is 2.43. The summed E-state index contributed by atoms with van der Waals surface area (Å²) < 4.78 is 1.60. The van der Waals surface area contributed by atoms with Crippen molar-refractivity contribution in [1.29, 1.82) is 0 Å². The van der Waals surface area contributed by atoms with Crippen LogP contribution in [0.15, 0.2) is 6.20 Å². The summed E-state index contributed by atoms with van der Waals surface area (Å²) in [4.78, 5) is 13.1. The predicted octanol–water partition coefficient (Wildman–Crippen LogP) is 0.707. The molecule has 1 N–H and O–H groups in total. The van der Waals surface area contributed by atoms with Gasteiger partial charge < -0.3 is 5.11 Å². The Labute approximate surface area is 100 Å². The van der Waals surface area contributed by atoms with Gasteiger partial charge in [-0.25, -0.2) is 4.79 Å². The minimum absolute atomic E-state index is 0.00726. The summed E-state index contributed by atoms with van der Waals surface area (Å²) in [7, 11) is 0. The molecule has 2 heterocycles. The topological polar surface area (TPSA) is 71.2 Å². The Balaban J connectivity index is 1.87. The van der Waals surface area contributed by atoms with Crippen molar-refractivity contribution < 1.29 is 9.90 Å². The third-order valence-corrected chi connectivity index (χ3v) is 3.29. The van der Waals surface area contributed by atoms with Crippen molar-refractivity contribution in [3.63, 3.8) is 0 Å². The molecular weight excluding hydrogens is 220 g/mol. The van der Waals surface area contributed by atoms with Crippen LogP contribution in [0.2, 0.25) is 0 Å². The van der Waals surface area contributed by atoms with Gasteiger partial charge in [-0.15, -0.1) is 5.10 Å². The summed E-state index contributed by atoms with van der Waals surface area (Å²) in [5, 5.41) is 16.1. The molecule has 1 aromatic rings. The van der Waals surface area contributed by atoms with E-state index < -0.39 is 5.97 Å². The van der Waals surface area contributed by atoms with Gasteiger partial charge in [0, 0.05) is 19.1 Å². The number of rotatable bonds is 4. The zero-order valence-electron chi connectivity index (χ0n) is 10.2. The number of carboxylic acids is 1. The van der Waals surface area contributed by atoms with E-state index in [4.69, 9.17) is 5.11 Å². The number of aromatic nitrogens is 3. The van der Waals surface area contributed by atoms with Crippen molar-refractivity contribution in [2.45, 2.75) is 32.9 Å². The molecule has 0 aliphatic carbocycles. The highest BCUT2D eigenvalue weighted by atomic mass is 16.4. The summed E-state index contributed by atoms with van der Waals surface area (Å²) >= 11 is 0. The number of hydrogen-bond acceptors (Lipinski definition) is 4. The van der Waals surface area contributed by atoms with Gasteiger partial charge in [0.2, 0.25) is 0 Å². The second kappa shape index (κ2) is 4.83. The molecule has 17 heavy (non-hydrogen) atoms. The van der Waals surface area contributed by atoms with E-state index >= 15 is 0 Å². The van der Waals surface area contributed by atoms with E-state index in [1.807, 2.05) is 0 Å². The lowest BCUT2D eigenvalue weighted by atomic mass is 10.1. The van der Waals surface area contributed by atoms with Crippen LogP contribution in [0.4, 0.5) is 0 Å². The van der Waals surface area contributed by atoms with E-state index in [0.29, 0.717) is 12.6 Å². The zero-order valence-corrected chi connectivity index (χ0v) is 10.2. The molecular formula is C11H18N4O2. The number of carboxylic acid groups (broad SMARTS) is 1. The standard InChI is InChI=1S/C11H18N4O2/c1-8-5-9(2)14(6-8)3-4-15-7-10(11(16)17)12-13-15/h7-9H,3-6H2,1-2H3,(H,16,17). The Hall–Kier alpha value is -1.43. The van der Waals surface area contributed by atoms with Gasteiger partial charge >= 0.3 is 5.97 Å². The third-order valence-electron chi connectivity index (χ3n) is 3.29. The first kappa shape index (κ1) is 12.0. The van der Waals surface area contributed by atoms with Gasteiger partial charge in [0.25, 0.3) is 0 Å². The van der Waals surface area contributed by atoms with Crippen LogP contribution in [0.5, 0.6) is 0 Å². The Bertz CT molecular complexity index is 404. The quantitative estimate of drug-likeness (QED) is 0.836. The summed E-state index contributed by atoms with van der Waals surface area (Å²) in [5.41, 5.74) is 0.00726. The first-order valence-electron chi connectivity index (χ1n) is 5.93. The maximum absolute atomic E-state index is 10.6. The van der Waals surface area contributed by atoms with Gasteiger partial charge in [0.05, 0.1) is 12.7 Å². The van der Waals surface area contributed by atoms with Crippen molar-refractivity contribution in [1.82, 2.24) is 19.9 Å². The normalized spacial score (nSPS) is 25.3. The third kappa shape index (κ3) is 2.82. The molecule has 1 aliphatic rings. The van der Waals surface area contributed by atoms with E-state index in [1.54, 1.807) is 4.68 Å². The number of nitrogens with zero attached hydrogens (tertiary/aromatic N) is 4. The van der Waals surface area contributed by atoms with Crippen LogP contribution in [0, 0.1) is 5.92 Å². The zero-order chi connectivity index (χ0) is 12.4. The first-order chi connectivity index (χ1) is 8.06. The Kier molecular flexibility index (Phi) is 3.42. The molecule has 1 fully saturated rings. The molecule has 2 atom stereocenters. The molecule has 0 radical (unpaired) electrons. The van der Waals surface area contributed by atoms with Crippen molar-refractivity contribution in [2.75, 3.05) is 13.1 Å². The van der Waals surface area contributed by atoms with E-state index in [-0.39, 0.29) is 5.69 Å². The monoisotopic (exact) mass is 238 g/mol. The van der Waals surface area contributed by atoms with Crippen LogP contribution < -0.4 is 0 Å². The number of carbonyl (C=O) groups is 1. The fraction of sp³-hybridized carbons (Fsp3) is 0.727. The molecule has 1 aliphatic heterocycles. The summed E-state index contributed by atoms with van der Waals surface area (Å²) in [6.07, 6.45) is 2.71. The van der Waals surface area contributed by atoms with Gasteiger partial charge in [-0.3, -0.25) is 9.58 Å². The molecule has 0 amide bonds. The molecule has 0 aromatic carbocycles. The van der Waals surface area contributed by atoms with E-state index in [2.05, 4.69) is 29.1 Å². The summed E-state index contributed by atoms with van der Waals surface area (Å²) in [6, 6.07) is 0.604. The number of likely N-dealkylation sites (tertiary alicyclic amines) is 1. The molecule has 6 nitrogen and oxygen atoms in total. The first-order valence-corrected chi connectivity index (χ1v) is 5.93. The van der Waals surface area contributed by atoms with Gasteiger partial charge in [-0.1, -0.05) is 12.1 Å². The van der Waals surface area contributed by atoms with E-state index in [0.717, 1.165) is 19.0 Å². The van der Waals surface area contributed by atoms with Gasteiger partial charge in [0.1, 0.15) is 0 Å². The molecule has 2 unspecified atom stereocenters. The average Bonchev–Trinajstić information content (AvgIpc) is 2.82. The fourth-order valence-corrected chi connectivity index (χ4v) is 2.43. The van der Waals surface area contributed by atoms with E-state index in [1.165, 1.54) is 12.6 Å². The highest BCUT2D eigenvalue weighted by molar-refractivity contribution is 5.84. The van der Waals surface area contributed by atoms with Crippen molar-refractivity contribution in [3.05, 3.63) is 11.9 Å². The average molecular weight is 238 g/mol. The van der Waals surface area contributed by atoms with Crippen molar-refractivity contribution in [2.24, 2.45) is 5.92 Å². The number of hydrogen-bond donors (Lipinski definition) is 1. The van der Waals surface area contributed by atoms with Gasteiger partial charge in [-0.05, 0) is 19.3 Å². The Morgan fingerprint density at radius 3 is 2.82 bits per heavy atom. The largest absolute Gasteiger partial charge is 0.476 e. The maximum Gasteiger partial charge on any atom is 0.358 e. The second-order valence-electron chi connectivity index (χ2n) is 4.86. The lowest BCUT2D eigenvalue weighted by Gasteiger charge is -2.20. The maximum atomic E-state index is 10.6. The second-order valence-corrected chi connectivity index (χ2v) is 4.86. The molecule has 0 bridgehead atoms. The lowest BCUT2D eigenvalue weighted by Crippen LogP contribution is -2.30. The van der Waals surface area contributed by atoms with Gasteiger partial charge in [-0.2, -0.15) is 0 Å². The Morgan fingerprint density at radius 1 is 1.53 bits per heavy atom. The highest BCUT2D eigenvalue weighted by Gasteiger charge is 2.25. The minimum Gasteiger partial charge on any atom is -0.476 e. The highest BCUT2D eigenvalue weighted by Crippen LogP contribution is 2.21. The summed E-state index contributed by atoms with van der Waals surface area (Å²) in [5.74, 6) is -0.283. The van der Waals surface area contributed by atoms with Crippen LogP contribution in [-0.2, 0) is 6.54 Å². The van der Waals surface area contributed by atoms with Gasteiger partial charge in [0.15, 0.2) is 5.69 Å². The molecule has 1 aromatic heterocycles. The molecule has 0 spiro atoms. The van der Waals surface area contributed by atoms with Crippen LogP contribution in [-0.4, -0.2) is 50.1 Å². The lowest BCUT2D eigenvalue weighted by molar-refractivity contribution is 0.0690. The summed E-state index contributed by atoms with van der Waals surface area (Å²) in [6.45, 7) is 7.19. The van der Waals surface area contributed by atoms with Crippen LogP contribution in [0.1, 0.15) is 30.8 Å². The minimum atomic E-state index is -1.03. The predicted molar refractivity (Wildman–Crippen MR) is 61.8 cm³/mol. The SMILES string of the molecule is CC1CC(C)N(CCn2cc(C(=O)O)nn2)C1. The molecule has 6 heteroatoms. The molecule has 2 rings (SSSR count). The molecule has 94 valence electrons. The smallest absolute Gasteiger partial charge is 0.358 e. The van der Waals surface area contributed by atoms with Crippen molar-refractivity contribution >= 4 is 5.97 Å². The van der Waals surface area contributed by atoms with Crippen LogP contribution >= 0.6 is 0 Å².